The van der Waals surface area contributed by atoms with Crippen LogP contribution in [-0.2, 0) is 4.43 Å². The van der Waals surface area contributed by atoms with Gasteiger partial charge in [-0.05, 0) is 0 Å². The molecular weight excluding hydrogens is 678 g/mol. The summed E-state index contributed by atoms with van der Waals surface area (Å²) >= 11 is -4.80. The summed E-state index contributed by atoms with van der Waals surface area (Å²) in [6.45, 7) is 28.2. The van der Waals surface area contributed by atoms with Gasteiger partial charge in [-0.1, -0.05) is 0 Å². The Bertz CT molecular complexity index is 467. The van der Waals surface area contributed by atoms with Crippen LogP contribution in [-0.4, -0.2) is 51.7 Å². The maximum absolute atomic E-state index is 7.05. The van der Waals surface area contributed by atoms with Crippen molar-refractivity contribution < 1.29 is 4.43 Å². The number of unbranched alkanes of at least 4 members (excludes halogenated alkanes) is 6. The van der Waals surface area contributed by atoms with Crippen molar-refractivity contribution in [3.05, 3.63) is 0 Å². The van der Waals surface area contributed by atoms with Crippen LogP contribution >= 0.6 is 0 Å². The van der Waals surface area contributed by atoms with Crippen LogP contribution in [0.2, 0.25) is 46.7 Å². The molecule has 4 heteroatoms. The fraction of sp³-hybridized carbons (Fsp3) is 1.00. The molecule has 0 saturated heterocycles. The zero-order valence-electron chi connectivity index (χ0n) is 28.1. The number of hydrogen-bond donors (Lipinski definition) is 0. The summed E-state index contributed by atoms with van der Waals surface area (Å²) in [5.74, 6) is 0. The Kier molecular flexibility index (Phi) is 21.6. The van der Waals surface area contributed by atoms with Crippen LogP contribution in [0.5, 0.6) is 0 Å². The first-order valence-corrected chi connectivity index (χ1v) is 35.4. The first kappa shape index (κ1) is 38.8. The topological polar surface area (TPSA) is 9.23 Å². The molecule has 1 nitrogen and oxygen atoms in total. The molecule has 0 fully saturated rings. The van der Waals surface area contributed by atoms with Crippen molar-refractivity contribution in [2.24, 2.45) is 0 Å². The van der Waals surface area contributed by atoms with Gasteiger partial charge in [-0.15, -0.1) is 0 Å². The van der Waals surface area contributed by atoms with Crippen LogP contribution in [0.1, 0.15) is 146 Å². The summed E-state index contributed by atoms with van der Waals surface area (Å²) in [4.78, 5) is 0. The van der Waals surface area contributed by atoms with Crippen molar-refractivity contribution in [3.63, 3.8) is 0 Å². The molecule has 0 radical (unpaired) electrons. The van der Waals surface area contributed by atoms with Gasteiger partial charge in [-0.3, -0.25) is 0 Å². The average Bonchev–Trinajstić information content (AvgIpc) is 2.86. The molecule has 0 aliphatic heterocycles. The maximum atomic E-state index is 7.05. The fourth-order valence-corrected chi connectivity index (χ4v) is 85.6. The molecular formula is C33H74OSiSn2. The number of hydrogen-bond acceptors (Lipinski definition) is 1. The van der Waals surface area contributed by atoms with E-state index in [-0.39, 0.29) is 0 Å². The summed E-state index contributed by atoms with van der Waals surface area (Å²) in [5, 5.41) is 0.322. The predicted molar refractivity (Wildman–Crippen MR) is 181 cm³/mol. The van der Waals surface area contributed by atoms with E-state index in [1.165, 1.54) is 85.4 Å². The molecule has 0 heterocycles. The molecule has 0 bridgehead atoms. The van der Waals surface area contributed by atoms with Crippen molar-refractivity contribution in [1.82, 2.24) is 0 Å². The second-order valence-electron chi connectivity index (χ2n) is 14.3. The average molecular weight is 752 g/mol. The van der Waals surface area contributed by atoms with E-state index in [2.05, 4.69) is 75.4 Å². The Morgan fingerprint density at radius 2 is 0.811 bits per heavy atom. The molecule has 224 valence electrons. The zero-order chi connectivity index (χ0) is 28.4. The molecule has 0 rings (SSSR count). The molecule has 0 spiro atoms. The van der Waals surface area contributed by atoms with Gasteiger partial charge in [-0.25, -0.2) is 0 Å². The van der Waals surface area contributed by atoms with Crippen LogP contribution < -0.4 is 0 Å². The van der Waals surface area contributed by atoms with E-state index < -0.39 is 45.1 Å². The van der Waals surface area contributed by atoms with Crippen LogP contribution in [0.25, 0.3) is 0 Å². The Labute approximate surface area is 246 Å². The molecule has 0 aliphatic carbocycles. The standard InChI is InChI=1S/C9H20OSi.6C4H9.2Sn/c1-7-8-10-11(5,6)9(2,3)4;6*1-3-4-2;;/h1H,7-8H2,2-6H3;6*1,3-4H2,2H3;;. The summed E-state index contributed by atoms with van der Waals surface area (Å²) in [6, 6.07) is 0. The van der Waals surface area contributed by atoms with Gasteiger partial charge in [0, 0.05) is 0 Å². The zero-order valence-corrected chi connectivity index (χ0v) is 34.8. The Morgan fingerprint density at radius 1 is 0.541 bits per heavy atom. The SMILES string of the molecule is CCC[CH2][Sn]([CH2]CCC)([CH2]CCC)[CH](CCO[Si](C)(C)C(C)(C)C)[Sn]([CH2]CCC)([CH2]CCC)[CH2]CCC. The molecule has 37 heavy (non-hydrogen) atoms. The van der Waals surface area contributed by atoms with E-state index in [1.807, 2.05) is 0 Å². The van der Waals surface area contributed by atoms with E-state index in [0.717, 1.165) is 6.61 Å². The predicted octanol–water partition coefficient (Wildman–Crippen LogP) is 13.0. The normalized spacial score (nSPS) is 13.6. The van der Waals surface area contributed by atoms with Crippen LogP contribution in [0.15, 0.2) is 0 Å². The molecule has 0 unspecified atom stereocenters. The molecule has 0 amide bonds. The van der Waals surface area contributed by atoms with E-state index >= 15 is 0 Å². The van der Waals surface area contributed by atoms with Gasteiger partial charge in [0.05, 0.1) is 0 Å². The molecule has 0 aromatic rings. The molecule has 0 aromatic carbocycles. The molecule has 0 saturated carbocycles. The first-order valence-electron chi connectivity index (χ1n) is 17.1. The van der Waals surface area contributed by atoms with Gasteiger partial charge >= 0.3 is 249 Å². The van der Waals surface area contributed by atoms with Gasteiger partial charge in [-0.2, -0.15) is 0 Å². The van der Waals surface area contributed by atoms with Crippen LogP contribution in [0.3, 0.4) is 0 Å². The first-order chi connectivity index (χ1) is 17.5. The van der Waals surface area contributed by atoms with Gasteiger partial charge in [0.25, 0.3) is 0 Å². The minimum absolute atomic E-state index is 0.322. The summed E-state index contributed by atoms with van der Waals surface area (Å²) in [5.41, 5.74) is 0. The second kappa shape index (κ2) is 20.6. The van der Waals surface area contributed by atoms with Crippen molar-refractivity contribution in [3.8, 4) is 0 Å². The minimum atomic E-state index is -2.40. The van der Waals surface area contributed by atoms with Crippen molar-refractivity contribution in [1.29, 1.82) is 0 Å². The van der Waals surface area contributed by atoms with E-state index in [0.29, 0.717) is 5.04 Å². The molecule has 0 atom stereocenters. The summed E-state index contributed by atoms with van der Waals surface area (Å²) in [6.07, 6.45) is 19.1. The monoisotopic (exact) mass is 754 g/mol. The molecule has 0 N–H and O–H groups in total. The van der Waals surface area contributed by atoms with Gasteiger partial charge in [0.1, 0.15) is 0 Å². The van der Waals surface area contributed by atoms with Crippen molar-refractivity contribution in [2.45, 2.75) is 192 Å². The van der Waals surface area contributed by atoms with E-state index in [4.69, 9.17) is 4.43 Å². The third kappa shape index (κ3) is 13.5. The van der Waals surface area contributed by atoms with Gasteiger partial charge in [0.15, 0.2) is 0 Å². The van der Waals surface area contributed by atoms with E-state index in [9.17, 15) is 0 Å². The molecule has 0 aromatic heterocycles. The van der Waals surface area contributed by atoms with Crippen molar-refractivity contribution in [2.75, 3.05) is 6.61 Å². The third-order valence-electron chi connectivity index (χ3n) is 10.3. The van der Waals surface area contributed by atoms with Crippen LogP contribution in [0, 0.1) is 0 Å². The van der Waals surface area contributed by atoms with Gasteiger partial charge in [0.2, 0.25) is 0 Å². The quantitative estimate of drug-likeness (QED) is 0.0893. The van der Waals surface area contributed by atoms with Crippen LogP contribution in [0.4, 0.5) is 0 Å². The second-order valence-corrected chi connectivity index (χ2v) is 51.9. The van der Waals surface area contributed by atoms with E-state index in [1.54, 1.807) is 26.6 Å². The summed E-state index contributed by atoms with van der Waals surface area (Å²) < 4.78 is 18.5. The Morgan fingerprint density at radius 3 is 1.03 bits per heavy atom. The Balaban J connectivity index is 6.77. The molecule has 0 aliphatic rings. The fourth-order valence-electron chi connectivity index (χ4n) is 6.88. The Hall–Kier alpha value is 1.77. The van der Waals surface area contributed by atoms with Gasteiger partial charge < -0.3 is 0 Å². The summed E-state index contributed by atoms with van der Waals surface area (Å²) in [7, 11) is -1.70. The number of rotatable bonds is 24. The van der Waals surface area contributed by atoms with Crippen molar-refractivity contribution >= 4 is 45.1 Å². The third-order valence-corrected chi connectivity index (χ3v) is 71.5.